The molecule has 0 amide bonds. The highest BCUT2D eigenvalue weighted by Gasteiger charge is 2.09. The van der Waals surface area contributed by atoms with Gasteiger partial charge in [0.15, 0.2) is 0 Å². The first-order chi connectivity index (χ1) is 7.26. The minimum absolute atomic E-state index is 0.295. The zero-order chi connectivity index (χ0) is 11.1. The summed E-state index contributed by atoms with van der Waals surface area (Å²) in [7, 11) is 0. The highest BCUT2D eigenvalue weighted by molar-refractivity contribution is 4.99. The number of hydrogen-bond acceptors (Lipinski definition) is 3. The van der Waals surface area contributed by atoms with Crippen molar-refractivity contribution < 1.29 is 9.52 Å². The van der Waals surface area contributed by atoms with Gasteiger partial charge in [0, 0.05) is 13.0 Å². The van der Waals surface area contributed by atoms with Gasteiger partial charge in [-0.3, -0.25) is 0 Å². The minimum Gasteiger partial charge on any atom is -0.469 e. The lowest BCUT2D eigenvalue weighted by Gasteiger charge is -2.19. The van der Waals surface area contributed by atoms with Crippen LogP contribution in [0, 0.1) is 0 Å². The molecule has 1 N–H and O–H groups in total. The third-order valence-electron chi connectivity index (χ3n) is 2.69. The molecule has 0 fully saturated rings. The van der Waals surface area contributed by atoms with Crippen LogP contribution in [0.1, 0.15) is 26.0 Å². The Hall–Kier alpha value is -0.800. The average molecular weight is 211 g/mol. The SMILES string of the molecule is CCN(CC)CCC(O)Cc1ccco1. The fraction of sp³-hybridized carbons (Fsp3) is 0.667. The van der Waals surface area contributed by atoms with E-state index in [0.717, 1.165) is 31.8 Å². The second-order valence-electron chi connectivity index (χ2n) is 3.75. The smallest absolute Gasteiger partial charge is 0.106 e. The Balaban J connectivity index is 2.21. The van der Waals surface area contributed by atoms with Crippen molar-refractivity contribution in [3.8, 4) is 0 Å². The molecule has 0 saturated heterocycles. The molecule has 1 aromatic heterocycles. The van der Waals surface area contributed by atoms with Crippen LogP contribution in [-0.2, 0) is 6.42 Å². The molecule has 1 rings (SSSR count). The van der Waals surface area contributed by atoms with Crippen LogP contribution in [-0.4, -0.2) is 35.7 Å². The summed E-state index contributed by atoms with van der Waals surface area (Å²) in [6, 6.07) is 3.76. The van der Waals surface area contributed by atoms with E-state index in [1.54, 1.807) is 6.26 Å². The Bertz CT molecular complexity index is 242. The normalized spacial score (nSPS) is 13.3. The number of hydrogen-bond donors (Lipinski definition) is 1. The fourth-order valence-corrected chi connectivity index (χ4v) is 1.63. The van der Waals surface area contributed by atoms with Crippen molar-refractivity contribution in [2.45, 2.75) is 32.8 Å². The van der Waals surface area contributed by atoms with E-state index in [2.05, 4.69) is 18.7 Å². The second kappa shape index (κ2) is 6.64. The molecule has 86 valence electrons. The summed E-state index contributed by atoms with van der Waals surface area (Å²) >= 11 is 0. The number of nitrogens with zero attached hydrogens (tertiary/aromatic N) is 1. The Kier molecular flexibility index (Phi) is 5.43. The molecule has 1 unspecified atom stereocenters. The van der Waals surface area contributed by atoms with Crippen molar-refractivity contribution >= 4 is 0 Å². The van der Waals surface area contributed by atoms with E-state index in [1.165, 1.54) is 0 Å². The number of aliphatic hydroxyl groups excluding tert-OH is 1. The van der Waals surface area contributed by atoms with Gasteiger partial charge in [-0.15, -0.1) is 0 Å². The van der Waals surface area contributed by atoms with Crippen LogP contribution in [0.4, 0.5) is 0 Å². The first-order valence-electron chi connectivity index (χ1n) is 5.69. The predicted octanol–water partition coefficient (Wildman–Crippen LogP) is 1.91. The molecule has 0 radical (unpaired) electrons. The molecule has 0 bridgehead atoms. The highest BCUT2D eigenvalue weighted by atomic mass is 16.3. The number of furan rings is 1. The lowest BCUT2D eigenvalue weighted by molar-refractivity contribution is 0.138. The van der Waals surface area contributed by atoms with Gasteiger partial charge in [0.2, 0.25) is 0 Å². The fourth-order valence-electron chi connectivity index (χ4n) is 1.63. The molecule has 0 spiro atoms. The standard InChI is InChI=1S/C12H21NO2/c1-3-13(4-2)8-7-11(14)10-12-6-5-9-15-12/h5-6,9,11,14H,3-4,7-8,10H2,1-2H3. The summed E-state index contributed by atoms with van der Waals surface area (Å²) in [5.41, 5.74) is 0. The number of rotatable bonds is 7. The summed E-state index contributed by atoms with van der Waals surface area (Å²) in [5, 5.41) is 9.77. The maximum absolute atomic E-state index is 9.77. The molecule has 1 heterocycles. The lowest BCUT2D eigenvalue weighted by Crippen LogP contribution is -2.27. The summed E-state index contributed by atoms with van der Waals surface area (Å²) in [6.45, 7) is 7.33. The van der Waals surface area contributed by atoms with Crippen LogP contribution in [0.5, 0.6) is 0 Å². The Morgan fingerprint density at radius 1 is 1.40 bits per heavy atom. The number of aliphatic hydroxyl groups is 1. The molecule has 0 aliphatic carbocycles. The van der Waals surface area contributed by atoms with E-state index >= 15 is 0 Å². The van der Waals surface area contributed by atoms with Gasteiger partial charge < -0.3 is 14.4 Å². The van der Waals surface area contributed by atoms with E-state index in [0.29, 0.717) is 6.42 Å². The molecule has 3 heteroatoms. The van der Waals surface area contributed by atoms with Gasteiger partial charge in [-0.25, -0.2) is 0 Å². The third-order valence-corrected chi connectivity index (χ3v) is 2.69. The average Bonchev–Trinajstić information content (AvgIpc) is 2.72. The van der Waals surface area contributed by atoms with Gasteiger partial charge in [-0.1, -0.05) is 13.8 Å². The van der Waals surface area contributed by atoms with Crippen molar-refractivity contribution in [2.75, 3.05) is 19.6 Å². The molecule has 0 aliphatic heterocycles. The maximum atomic E-state index is 9.77. The summed E-state index contributed by atoms with van der Waals surface area (Å²) in [5.74, 6) is 0.863. The van der Waals surface area contributed by atoms with Crippen molar-refractivity contribution in [2.24, 2.45) is 0 Å². The highest BCUT2D eigenvalue weighted by Crippen LogP contribution is 2.07. The molecule has 3 nitrogen and oxygen atoms in total. The van der Waals surface area contributed by atoms with Gasteiger partial charge in [-0.2, -0.15) is 0 Å². The molecular weight excluding hydrogens is 190 g/mol. The van der Waals surface area contributed by atoms with Crippen molar-refractivity contribution in [1.29, 1.82) is 0 Å². The van der Waals surface area contributed by atoms with Crippen LogP contribution in [0.25, 0.3) is 0 Å². The molecule has 0 saturated carbocycles. The van der Waals surface area contributed by atoms with E-state index in [4.69, 9.17) is 4.42 Å². The third kappa shape index (κ3) is 4.49. The molecule has 15 heavy (non-hydrogen) atoms. The maximum Gasteiger partial charge on any atom is 0.106 e. The lowest BCUT2D eigenvalue weighted by atomic mass is 10.1. The Morgan fingerprint density at radius 2 is 2.13 bits per heavy atom. The molecule has 0 aromatic carbocycles. The molecule has 1 aromatic rings. The van der Waals surface area contributed by atoms with Gasteiger partial charge in [0.1, 0.15) is 5.76 Å². The predicted molar refractivity (Wildman–Crippen MR) is 60.8 cm³/mol. The first kappa shape index (κ1) is 12.3. The van der Waals surface area contributed by atoms with Crippen LogP contribution >= 0.6 is 0 Å². The van der Waals surface area contributed by atoms with Gasteiger partial charge in [0.25, 0.3) is 0 Å². The monoisotopic (exact) mass is 211 g/mol. The van der Waals surface area contributed by atoms with E-state index in [1.807, 2.05) is 12.1 Å². The summed E-state index contributed by atoms with van der Waals surface area (Å²) in [4.78, 5) is 2.31. The summed E-state index contributed by atoms with van der Waals surface area (Å²) in [6.07, 6.45) is 2.78. The quantitative estimate of drug-likeness (QED) is 0.748. The zero-order valence-corrected chi connectivity index (χ0v) is 9.65. The van der Waals surface area contributed by atoms with Crippen molar-refractivity contribution in [1.82, 2.24) is 4.90 Å². The molecule has 1 atom stereocenters. The van der Waals surface area contributed by atoms with E-state index < -0.39 is 0 Å². The van der Waals surface area contributed by atoms with Crippen LogP contribution in [0.15, 0.2) is 22.8 Å². The van der Waals surface area contributed by atoms with Gasteiger partial charge in [0.05, 0.1) is 12.4 Å². The van der Waals surface area contributed by atoms with Gasteiger partial charge in [-0.05, 0) is 31.6 Å². The van der Waals surface area contributed by atoms with Crippen LogP contribution < -0.4 is 0 Å². The van der Waals surface area contributed by atoms with Crippen LogP contribution in [0.2, 0.25) is 0 Å². The topological polar surface area (TPSA) is 36.6 Å². The minimum atomic E-state index is -0.295. The molecular formula is C12H21NO2. The van der Waals surface area contributed by atoms with Crippen molar-refractivity contribution in [3.05, 3.63) is 24.2 Å². The van der Waals surface area contributed by atoms with E-state index in [-0.39, 0.29) is 6.10 Å². The zero-order valence-electron chi connectivity index (χ0n) is 9.65. The Morgan fingerprint density at radius 3 is 2.67 bits per heavy atom. The van der Waals surface area contributed by atoms with Gasteiger partial charge >= 0.3 is 0 Å². The van der Waals surface area contributed by atoms with Crippen molar-refractivity contribution in [3.63, 3.8) is 0 Å². The summed E-state index contributed by atoms with van der Waals surface area (Å²) < 4.78 is 5.19. The second-order valence-corrected chi connectivity index (χ2v) is 3.75. The van der Waals surface area contributed by atoms with E-state index in [9.17, 15) is 5.11 Å². The molecule has 0 aliphatic rings. The Labute approximate surface area is 91.7 Å². The van der Waals surface area contributed by atoms with Crippen LogP contribution in [0.3, 0.4) is 0 Å². The first-order valence-corrected chi connectivity index (χ1v) is 5.69. The largest absolute Gasteiger partial charge is 0.469 e.